The molecule has 4 heteroatoms. The molecule has 0 aliphatic rings. The molecule has 0 saturated heterocycles. The summed E-state index contributed by atoms with van der Waals surface area (Å²) in [6.07, 6.45) is 3.81. The lowest BCUT2D eigenvalue weighted by molar-refractivity contribution is 0.933. The lowest BCUT2D eigenvalue weighted by Gasteiger charge is -2.14. The Hall–Kier alpha value is -3.17. The summed E-state index contributed by atoms with van der Waals surface area (Å²) in [7, 11) is 0. The van der Waals surface area contributed by atoms with Crippen molar-refractivity contribution in [1.82, 2.24) is 9.55 Å². The van der Waals surface area contributed by atoms with Crippen molar-refractivity contribution in [3.8, 4) is 5.69 Å². The van der Waals surface area contributed by atoms with Gasteiger partial charge in [0.05, 0.1) is 16.6 Å². The summed E-state index contributed by atoms with van der Waals surface area (Å²) in [4.78, 5) is 18.1. The van der Waals surface area contributed by atoms with Crippen molar-refractivity contribution in [1.29, 1.82) is 0 Å². The Kier molecular flexibility index (Phi) is 4.84. The zero-order valence-electron chi connectivity index (χ0n) is 15.7. The van der Waals surface area contributed by atoms with E-state index >= 15 is 0 Å². The highest BCUT2D eigenvalue weighted by molar-refractivity contribution is 6.30. The second-order valence-corrected chi connectivity index (χ2v) is 7.24. The maximum absolute atomic E-state index is 13.3. The number of hydrogen-bond donors (Lipinski definition) is 0. The molecule has 3 nitrogen and oxygen atoms in total. The van der Waals surface area contributed by atoms with Crippen LogP contribution >= 0.6 is 11.6 Å². The van der Waals surface area contributed by atoms with E-state index in [-0.39, 0.29) is 5.56 Å². The number of aromatic nitrogens is 2. The van der Waals surface area contributed by atoms with E-state index in [1.165, 1.54) is 0 Å². The minimum Gasteiger partial charge on any atom is -0.268 e. The van der Waals surface area contributed by atoms with Crippen molar-refractivity contribution in [2.75, 3.05) is 0 Å². The zero-order valence-corrected chi connectivity index (χ0v) is 16.4. The lowest BCUT2D eigenvalue weighted by atomic mass is 10.1. The number of hydrogen-bond acceptors (Lipinski definition) is 2. The van der Waals surface area contributed by atoms with Gasteiger partial charge >= 0.3 is 0 Å². The topological polar surface area (TPSA) is 34.9 Å². The predicted octanol–water partition coefficient (Wildman–Crippen LogP) is 5.83. The van der Waals surface area contributed by atoms with Gasteiger partial charge in [-0.1, -0.05) is 59.6 Å². The summed E-state index contributed by atoms with van der Waals surface area (Å²) in [5.41, 5.74) is 4.61. The van der Waals surface area contributed by atoms with Crippen LogP contribution < -0.4 is 5.56 Å². The van der Waals surface area contributed by atoms with Gasteiger partial charge in [-0.2, -0.15) is 0 Å². The molecule has 0 aliphatic carbocycles. The van der Waals surface area contributed by atoms with Crippen LogP contribution in [-0.2, 0) is 0 Å². The average molecular weight is 387 g/mol. The molecule has 1 aromatic heterocycles. The van der Waals surface area contributed by atoms with E-state index in [9.17, 15) is 4.79 Å². The fourth-order valence-corrected chi connectivity index (χ4v) is 3.42. The first-order chi connectivity index (χ1) is 13.5. The fourth-order valence-electron chi connectivity index (χ4n) is 3.30. The lowest BCUT2D eigenvalue weighted by Crippen LogP contribution is -2.23. The molecule has 28 heavy (non-hydrogen) atoms. The highest BCUT2D eigenvalue weighted by atomic mass is 35.5. The Morgan fingerprint density at radius 2 is 1.68 bits per heavy atom. The summed E-state index contributed by atoms with van der Waals surface area (Å²) in [6, 6.07) is 21.0. The molecule has 138 valence electrons. The standard InChI is InChI=1S/C24H19ClN2O/c1-16-7-13-22(17(2)15-16)27-23(14-10-18-8-11-19(25)12-9-18)26-21-6-4-3-5-20(21)24(27)28/h3-15H,1-2H3/b14-10+. The van der Waals surface area contributed by atoms with Gasteiger partial charge in [-0.3, -0.25) is 9.36 Å². The van der Waals surface area contributed by atoms with E-state index in [0.29, 0.717) is 21.7 Å². The molecular weight excluding hydrogens is 368 g/mol. The van der Waals surface area contributed by atoms with E-state index in [0.717, 1.165) is 22.4 Å². The number of halogens is 1. The van der Waals surface area contributed by atoms with Gasteiger partial charge in [0.15, 0.2) is 0 Å². The highest BCUT2D eigenvalue weighted by Crippen LogP contribution is 2.19. The molecule has 0 fully saturated rings. The summed E-state index contributed by atoms with van der Waals surface area (Å²) in [5.74, 6) is 0.589. The molecule has 4 aromatic rings. The Bertz CT molecular complexity index is 1250. The van der Waals surface area contributed by atoms with Crippen LogP contribution in [0.3, 0.4) is 0 Å². The van der Waals surface area contributed by atoms with Crippen molar-refractivity contribution in [3.05, 3.63) is 105 Å². The van der Waals surface area contributed by atoms with Crippen LogP contribution in [0.25, 0.3) is 28.7 Å². The van der Waals surface area contributed by atoms with Crippen molar-refractivity contribution in [2.45, 2.75) is 13.8 Å². The summed E-state index contributed by atoms with van der Waals surface area (Å²) < 4.78 is 1.68. The summed E-state index contributed by atoms with van der Waals surface area (Å²) in [6.45, 7) is 4.05. The average Bonchev–Trinajstić information content (AvgIpc) is 2.69. The number of benzene rings is 3. The quantitative estimate of drug-likeness (QED) is 0.444. The van der Waals surface area contributed by atoms with Crippen LogP contribution in [0.4, 0.5) is 0 Å². The van der Waals surface area contributed by atoms with E-state index in [1.807, 2.05) is 86.7 Å². The molecular formula is C24H19ClN2O. The first-order valence-corrected chi connectivity index (χ1v) is 9.44. The third-order valence-electron chi connectivity index (χ3n) is 4.69. The minimum atomic E-state index is -0.0756. The van der Waals surface area contributed by atoms with Crippen LogP contribution in [0.5, 0.6) is 0 Å². The van der Waals surface area contributed by atoms with Gasteiger partial charge in [-0.05, 0) is 61.4 Å². The van der Waals surface area contributed by atoms with Crippen molar-refractivity contribution in [3.63, 3.8) is 0 Å². The van der Waals surface area contributed by atoms with Gasteiger partial charge in [-0.15, -0.1) is 0 Å². The second kappa shape index (κ2) is 7.45. The van der Waals surface area contributed by atoms with Crippen LogP contribution in [0.15, 0.2) is 71.5 Å². The maximum atomic E-state index is 13.3. The van der Waals surface area contributed by atoms with Gasteiger partial charge in [0, 0.05) is 5.02 Å². The monoisotopic (exact) mass is 386 g/mol. The van der Waals surface area contributed by atoms with E-state index in [1.54, 1.807) is 4.57 Å². The fraction of sp³-hybridized carbons (Fsp3) is 0.0833. The number of fused-ring (bicyclic) bond motifs is 1. The van der Waals surface area contributed by atoms with E-state index in [2.05, 4.69) is 6.07 Å². The first kappa shape index (κ1) is 18.2. The smallest absolute Gasteiger partial charge is 0.266 e. The largest absolute Gasteiger partial charge is 0.268 e. The first-order valence-electron chi connectivity index (χ1n) is 9.06. The Balaban J connectivity index is 1.95. The van der Waals surface area contributed by atoms with Gasteiger partial charge in [0.25, 0.3) is 5.56 Å². The third-order valence-corrected chi connectivity index (χ3v) is 4.94. The minimum absolute atomic E-state index is 0.0756. The summed E-state index contributed by atoms with van der Waals surface area (Å²) >= 11 is 5.97. The van der Waals surface area contributed by atoms with Gasteiger partial charge in [0.1, 0.15) is 5.82 Å². The molecule has 0 bridgehead atoms. The molecule has 0 radical (unpaired) electrons. The van der Waals surface area contributed by atoms with Crippen molar-refractivity contribution >= 4 is 34.7 Å². The highest BCUT2D eigenvalue weighted by Gasteiger charge is 2.12. The Labute approximate surface area is 168 Å². The Morgan fingerprint density at radius 3 is 2.43 bits per heavy atom. The van der Waals surface area contributed by atoms with Gasteiger partial charge in [0.2, 0.25) is 0 Å². The molecule has 0 saturated carbocycles. The second-order valence-electron chi connectivity index (χ2n) is 6.80. The summed E-state index contributed by atoms with van der Waals surface area (Å²) in [5, 5.41) is 1.29. The number of nitrogens with zero attached hydrogens (tertiary/aromatic N) is 2. The molecule has 0 N–H and O–H groups in total. The molecule has 0 amide bonds. The molecule has 3 aromatic carbocycles. The predicted molar refractivity (Wildman–Crippen MR) is 117 cm³/mol. The normalized spacial score (nSPS) is 11.4. The maximum Gasteiger partial charge on any atom is 0.266 e. The van der Waals surface area contributed by atoms with Crippen LogP contribution in [-0.4, -0.2) is 9.55 Å². The zero-order chi connectivity index (χ0) is 19.7. The number of para-hydroxylation sites is 1. The molecule has 1 heterocycles. The van der Waals surface area contributed by atoms with Crippen molar-refractivity contribution in [2.24, 2.45) is 0 Å². The van der Waals surface area contributed by atoms with E-state index in [4.69, 9.17) is 16.6 Å². The van der Waals surface area contributed by atoms with Crippen molar-refractivity contribution < 1.29 is 0 Å². The number of aryl methyl sites for hydroxylation is 2. The van der Waals surface area contributed by atoms with Crippen LogP contribution in [0, 0.1) is 13.8 Å². The van der Waals surface area contributed by atoms with Crippen LogP contribution in [0.1, 0.15) is 22.5 Å². The molecule has 4 rings (SSSR count). The molecule has 0 unspecified atom stereocenters. The molecule has 0 atom stereocenters. The molecule has 0 aliphatic heterocycles. The molecule has 0 spiro atoms. The van der Waals surface area contributed by atoms with Crippen LogP contribution in [0.2, 0.25) is 5.02 Å². The van der Waals surface area contributed by atoms with Gasteiger partial charge in [-0.25, -0.2) is 4.98 Å². The SMILES string of the molecule is Cc1ccc(-n2c(/C=C/c3ccc(Cl)cc3)nc3ccccc3c2=O)c(C)c1. The third kappa shape index (κ3) is 3.49. The number of rotatable bonds is 3. The van der Waals surface area contributed by atoms with Gasteiger partial charge < -0.3 is 0 Å². The van der Waals surface area contributed by atoms with E-state index < -0.39 is 0 Å². The Morgan fingerprint density at radius 1 is 0.929 bits per heavy atom.